The zero-order valence-corrected chi connectivity index (χ0v) is 13.2. The van der Waals surface area contributed by atoms with Crippen molar-refractivity contribution in [3.8, 4) is 0 Å². The van der Waals surface area contributed by atoms with Crippen molar-refractivity contribution >= 4 is 24.2 Å². The molecule has 0 spiro atoms. The summed E-state index contributed by atoms with van der Waals surface area (Å²) in [6.07, 6.45) is 2.37. The first kappa shape index (κ1) is 14.6. The third-order valence-electron chi connectivity index (χ3n) is 4.78. The highest BCUT2D eigenvalue weighted by molar-refractivity contribution is 6.62. The van der Waals surface area contributed by atoms with E-state index in [4.69, 9.17) is 9.31 Å². The number of carbonyl (C=O) groups is 1. The van der Waals surface area contributed by atoms with Crippen LogP contribution in [0.5, 0.6) is 0 Å². The van der Waals surface area contributed by atoms with Crippen molar-refractivity contribution in [1.82, 2.24) is 0 Å². The van der Waals surface area contributed by atoms with Crippen LogP contribution in [0, 0.1) is 0 Å². The minimum Gasteiger partial charge on any atom is -0.399 e. The highest BCUT2D eigenvalue weighted by Crippen LogP contribution is 2.36. The number of aryl methyl sites for hydroxylation is 1. The second kappa shape index (κ2) is 4.85. The van der Waals surface area contributed by atoms with Gasteiger partial charge in [-0.2, -0.15) is 0 Å². The lowest BCUT2D eigenvalue weighted by atomic mass is 9.78. The second-order valence-corrected chi connectivity index (χ2v) is 6.91. The summed E-state index contributed by atoms with van der Waals surface area (Å²) in [6.45, 7) is 8.21. The number of fused-ring (bicyclic) bond motifs is 1. The molecule has 0 aromatic heterocycles. The Bertz CT molecular complexity index is 567. The lowest BCUT2D eigenvalue weighted by Crippen LogP contribution is -2.41. The SMILES string of the molecule is CC1(C)OB(c2ccc3c(c2)CCCC(=O)N3)OC1(C)C. The van der Waals surface area contributed by atoms with E-state index in [1.165, 1.54) is 0 Å². The van der Waals surface area contributed by atoms with Gasteiger partial charge in [0, 0.05) is 12.1 Å². The van der Waals surface area contributed by atoms with E-state index in [1.54, 1.807) is 0 Å². The summed E-state index contributed by atoms with van der Waals surface area (Å²) in [5, 5.41) is 2.95. The van der Waals surface area contributed by atoms with Gasteiger partial charge in [-0.25, -0.2) is 0 Å². The minimum atomic E-state index is -0.348. The number of anilines is 1. The summed E-state index contributed by atoms with van der Waals surface area (Å²) >= 11 is 0. The topological polar surface area (TPSA) is 47.6 Å². The second-order valence-electron chi connectivity index (χ2n) is 6.91. The van der Waals surface area contributed by atoms with Gasteiger partial charge in [-0.3, -0.25) is 4.79 Å². The largest absolute Gasteiger partial charge is 0.494 e. The molecule has 21 heavy (non-hydrogen) atoms. The quantitative estimate of drug-likeness (QED) is 0.806. The van der Waals surface area contributed by atoms with Gasteiger partial charge < -0.3 is 14.6 Å². The average Bonchev–Trinajstić information content (AvgIpc) is 2.52. The Kier molecular flexibility index (Phi) is 3.37. The van der Waals surface area contributed by atoms with E-state index in [9.17, 15) is 4.79 Å². The summed E-state index contributed by atoms with van der Waals surface area (Å²) in [5.41, 5.74) is 2.42. The normalized spacial score (nSPS) is 23.4. The fraction of sp³-hybridized carbons (Fsp3) is 0.562. The van der Waals surface area contributed by atoms with Gasteiger partial charge in [-0.05, 0) is 57.6 Å². The maximum atomic E-state index is 11.6. The van der Waals surface area contributed by atoms with Crippen LogP contribution >= 0.6 is 0 Å². The molecule has 0 radical (unpaired) electrons. The lowest BCUT2D eigenvalue weighted by Gasteiger charge is -2.32. The maximum Gasteiger partial charge on any atom is 0.494 e. The first-order chi connectivity index (χ1) is 9.78. The van der Waals surface area contributed by atoms with Crippen LogP contribution in [-0.4, -0.2) is 24.2 Å². The molecular weight excluding hydrogens is 265 g/mol. The summed E-state index contributed by atoms with van der Waals surface area (Å²) in [4.78, 5) is 11.6. The Hall–Kier alpha value is -1.33. The van der Waals surface area contributed by atoms with Crippen molar-refractivity contribution < 1.29 is 14.1 Å². The number of hydrogen-bond acceptors (Lipinski definition) is 3. The van der Waals surface area contributed by atoms with Crippen LogP contribution in [0.25, 0.3) is 0 Å². The number of rotatable bonds is 1. The highest BCUT2D eigenvalue weighted by atomic mass is 16.7. The van der Waals surface area contributed by atoms with E-state index in [0.717, 1.165) is 29.6 Å². The molecule has 3 rings (SSSR count). The molecule has 1 saturated heterocycles. The first-order valence-electron chi connectivity index (χ1n) is 7.57. The van der Waals surface area contributed by atoms with Crippen LogP contribution < -0.4 is 10.8 Å². The monoisotopic (exact) mass is 287 g/mol. The van der Waals surface area contributed by atoms with E-state index in [0.29, 0.717) is 6.42 Å². The van der Waals surface area contributed by atoms with Gasteiger partial charge in [0.25, 0.3) is 0 Å². The molecule has 0 atom stereocenters. The van der Waals surface area contributed by atoms with Crippen molar-refractivity contribution in [1.29, 1.82) is 0 Å². The van der Waals surface area contributed by atoms with E-state index in [-0.39, 0.29) is 24.2 Å². The van der Waals surface area contributed by atoms with Gasteiger partial charge in [0.15, 0.2) is 0 Å². The molecule has 0 unspecified atom stereocenters. The Morgan fingerprint density at radius 3 is 2.43 bits per heavy atom. The van der Waals surface area contributed by atoms with Gasteiger partial charge in [-0.1, -0.05) is 12.1 Å². The minimum absolute atomic E-state index is 0.0946. The van der Waals surface area contributed by atoms with Gasteiger partial charge in [-0.15, -0.1) is 0 Å². The molecule has 0 saturated carbocycles. The zero-order chi connectivity index (χ0) is 15.3. The Morgan fingerprint density at radius 2 is 1.76 bits per heavy atom. The number of nitrogens with one attached hydrogen (secondary N) is 1. The van der Waals surface area contributed by atoms with Crippen LogP contribution in [0.15, 0.2) is 18.2 Å². The standard InChI is InChI=1S/C16H22BNO3/c1-15(2)16(3,4)21-17(20-15)12-8-9-13-11(10-12)6-5-7-14(19)18-13/h8-10H,5-7H2,1-4H3,(H,18,19). The Morgan fingerprint density at radius 1 is 1.10 bits per heavy atom. The molecule has 1 N–H and O–H groups in total. The molecule has 2 aliphatic rings. The molecule has 2 heterocycles. The van der Waals surface area contributed by atoms with Crippen LogP contribution in [0.3, 0.4) is 0 Å². The van der Waals surface area contributed by atoms with Gasteiger partial charge in [0.2, 0.25) is 5.91 Å². The summed E-state index contributed by atoms with van der Waals surface area (Å²) in [6, 6.07) is 6.04. The van der Waals surface area contributed by atoms with Crippen molar-refractivity contribution in [2.75, 3.05) is 5.32 Å². The highest BCUT2D eigenvalue weighted by Gasteiger charge is 2.51. The fourth-order valence-electron chi connectivity index (χ4n) is 2.72. The number of amides is 1. The fourth-order valence-corrected chi connectivity index (χ4v) is 2.72. The van der Waals surface area contributed by atoms with E-state index in [2.05, 4.69) is 39.1 Å². The number of benzene rings is 1. The molecule has 1 aromatic rings. The van der Waals surface area contributed by atoms with E-state index in [1.807, 2.05) is 12.1 Å². The van der Waals surface area contributed by atoms with Crippen molar-refractivity contribution in [3.05, 3.63) is 23.8 Å². The van der Waals surface area contributed by atoms with Crippen LogP contribution in [0.2, 0.25) is 0 Å². The van der Waals surface area contributed by atoms with E-state index < -0.39 is 0 Å². The smallest absolute Gasteiger partial charge is 0.399 e. The maximum absolute atomic E-state index is 11.6. The molecule has 1 fully saturated rings. The molecule has 1 aromatic carbocycles. The molecule has 112 valence electrons. The molecule has 0 bridgehead atoms. The third kappa shape index (κ3) is 2.60. The van der Waals surface area contributed by atoms with Crippen LogP contribution in [0.1, 0.15) is 46.1 Å². The third-order valence-corrected chi connectivity index (χ3v) is 4.78. The Labute approximate surface area is 126 Å². The molecule has 2 aliphatic heterocycles. The predicted octanol–water partition coefficient (Wildman–Crippen LogP) is 2.26. The van der Waals surface area contributed by atoms with Gasteiger partial charge in [0.1, 0.15) is 0 Å². The van der Waals surface area contributed by atoms with Gasteiger partial charge in [0.05, 0.1) is 11.2 Å². The Balaban J connectivity index is 1.88. The van der Waals surface area contributed by atoms with Crippen LogP contribution in [0.4, 0.5) is 5.69 Å². The molecule has 0 aliphatic carbocycles. The van der Waals surface area contributed by atoms with Crippen molar-refractivity contribution in [3.63, 3.8) is 0 Å². The number of carbonyl (C=O) groups excluding carboxylic acids is 1. The summed E-state index contributed by atoms with van der Waals surface area (Å²) in [7, 11) is -0.348. The first-order valence-corrected chi connectivity index (χ1v) is 7.57. The molecule has 4 nitrogen and oxygen atoms in total. The molecular formula is C16H22BNO3. The summed E-state index contributed by atoms with van der Waals surface area (Å²) < 4.78 is 12.2. The molecule has 5 heteroatoms. The van der Waals surface area contributed by atoms with Gasteiger partial charge >= 0.3 is 7.12 Å². The zero-order valence-electron chi connectivity index (χ0n) is 13.2. The van der Waals surface area contributed by atoms with E-state index >= 15 is 0 Å². The average molecular weight is 287 g/mol. The van der Waals surface area contributed by atoms with Crippen molar-refractivity contribution in [2.45, 2.75) is 58.2 Å². The predicted molar refractivity (Wildman–Crippen MR) is 83.7 cm³/mol. The van der Waals surface area contributed by atoms with Crippen LogP contribution in [-0.2, 0) is 20.5 Å². The number of hydrogen-bond donors (Lipinski definition) is 1. The van der Waals surface area contributed by atoms with Crippen molar-refractivity contribution in [2.24, 2.45) is 0 Å². The molecule has 1 amide bonds. The summed E-state index contributed by atoms with van der Waals surface area (Å²) in [5.74, 6) is 0.0946. The lowest BCUT2D eigenvalue weighted by molar-refractivity contribution is -0.116.